The quantitative estimate of drug-likeness (QED) is 0.0127. The molecular weight excluding hydrogens is 1140 g/mol. The first-order valence-corrected chi connectivity index (χ1v) is 32.8. The number of epoxide rings is 1. The Labute approximate surface area is 518 Å². The van der Waals surface area contributed by atoms with E-state index in [0.29, 0.717) is 61.7 Å². The highest BCUT2D eigenvalue weighted by atomic mass is 35.5. The van der Waals surface area contributed by atoms with E-state index in [9.17, 15) is 33.6 Å². The molecule has 1 unspecified atom stereocenters. The maximum atomic E-state index is 13.9. The summed E-state index contributed by atoms with van der Waals surface area (Å²) in [5, 5.41) is 5.89. The summed E-state index contributed by atoms with van der Waals surface area (Å²) in [5.41, 5.74) is 14.1. The number of hydrogen-bond acceptors (Lipinski definition) is 16. The van der Waals surface area contributed by atoms with Gasteiger partial charge in [-0.05, 0) is 99.7 Å². The van der Waals surface area contributed by atoms with Crippen LogP contribution in [0.5, 0.6) is 5.75 Å². The van der Waals surface area contributed by atoms with Gasteiger partial charge >= 0.3 is 11.9 Å². The molecular formula is C64H96ClN7O11S2. The van der Waals surface area contributed by atoms with Crippen molar-refractivity contribution < 1.29 is 52.5 Å². The summed E-state index contributed by atoms with van der Waals surface area (Å²) >= 11 is 6.38. The molecule has 0 bridgehead atoms. The first kappa shape index (κ1) is 72.3. The molecule has 0 aromatic heterocycles. The number of methoxy groups -OCH3 is 1. The second kappa shape index (κ2) is 37.5. The number of carbonyl (C=O) groups excluding carboxylic acids is 7. The molecule has 0 radical (unpaired) electrons. The summed E-state index contributed by atoms with van der Waals surface area (Å²) in [5.74, 6) is -2.62. The lowest BCUT2D eigenvalue weighted by molar-refractivity contribution is -0.176. The largest absolute Gasteiger partial charge is 0.495 e. The van der Waals surface area contributed by atoms with E-state index in [1.165, 1.54) is 13.2 Å². The number of hydrazine groups is 1. The Morgan fingerprint density at radius 3 is 2.28 bits per heavy atom. The van der Waals surface area contributed by atoms with Crippen molar-refractivity contribution in [2.24, 2.45) is 29.4 Å². The number of Topliss-reactive ketones (excluding diaryl/α,β-unsaturated/α-hetero) is 1. The molecule has 0 spiro atoms. The molecule has 85 heavy (non-hydrogen) atoms. The van der Waals surface area contributed by atoms with Crippen LogP contribution >= 0.6 is 33.2 Å². The summed E-state index contributed by atoms with van der Waals surface area (Å²) in [7, 11) is 4.95. The zero-order valence-electron chi connectivity index (χ0n) is 51.6. The minimum Gasteiger partial charge on any atom is -0.495 e. The number of ketones is 1. The summed E-state index contributed by atoms with van der Waals surface area (Å²) in [6.07, 6.45) is 9.90. The number of piperazine rings is 1. The number of halogens is 1. The maximum Gasteiger partial charge on any atom is 0.347 e. The normalized spacial score (nSPS) is 22.2. The van der Waals surface area contributed by atoms with E-state index in [-0.39, 0.29) is 78.1 Å². The van der Waals surface area contributed by atoms with Gasteiger partial charge in [-0.15, -0.1) is 13.2 Å². The first-order valence-electron chi connectivity index (χ1n) is 30.1. The van der Waals surface area contributed by atoms with Gasteiger partial charge in [-0.1, -0.05) is 130 Å². The van der Waals surface area contributed by atoms with E-state index in [1.54, 1.807) is 65.8 Å². The predicted molar refractivity (Wildman–Crippen MR) is 339 cm³/mol. The highest BCUT2D eigenvalue weighted by molar-refractivity contribution is 8.77. The highest BCUT2D eigenvalue weighted by Gasteiger charge is 2.48. The Hall–Kier alpha value is -5.22. The molecule has 2 saturated heterocycles. The van der Waals surface area contributed by atoms with Gasteiger partial charge in [0.05, 0.1) is 30.2 Å². The molecule has 0 saturated carbocycles. The van der Waals surface area contributed by atoms with Crippen LogP contribution in [-0.2, 0) is 60.7 Å². The number of esters is 2. The Balaban J connectivity index is 0.00000375. The van der Waals surface area contributed by atoms with Crippen LogP contribution in [-0.4, -0.2) is 138 Å². The number of nitrogens with one attached hydrogen (secondary N) is 4. The molecule has 21 heteroatoms. The fraction of sp³-hybridized carbons (Fsp3) is 0.609. The number of unbranched alkanes of at least 4 members (excludes halogenated alkanes) is 1. The molecule has 4 amide bonds. The van der Waals surface area contributed by atoms with Crippen molar-refractivity contribution in [1.29, 1.82) is 0 Å². The van der Waals surface area contributed by atoms with Gasteiger partial charge in [0.25, 0.3) is 0 Å². The van der Waals surface area contributed by atoms with Gasteiger partial charge in [0, 0.05) is 87.3 Å². The van der Waals surface area contributed by atoms with Crippen LogP contribution in [0.25, 0.3) is 0 Å². The average molecular weight is 1240 g/mol. The van der Waals surface area contributed by atoms with E-state index in [2.05, 4.69) is 84.6 Å². The molecule has 18 nitrogen and oxygen atoms in total. The third-order valence-corrected chi connectivity index (χ3v) is 18.8. The van der Waals surface area contributed by atoms with Crippen LogP contribution in [0.2, 0.25) is 5.02 Å². The number of hydrogen-bond donors (Lipinski definition) is 5. The van der Waals surface area contributed by atoms with Crippen LogP contribution in [0.15, 0.2) is 79.9 Å². The highest BCUT2D eigenvalue weighted by Crippen LogP contribution is 2.45. The molecule has 3 aliphatic rings. The number of nitrogens with zero attached hydrogens (tertiary/aromatic N) is 2. The van der Waals surface area contributed by atoms with Crippen LogP contribution < -0.4 is 32.0 Å². The minimum absolute atomic E-state index is 0.00694. The lowest BCUT2D eigenvalue weighted by Gasteiger charge is -2.35. The Morgan fingerprint density at radius 1 is 0.953 bits per heavy atom. The smallest absolute Gasteiger partial charge is 0.347 e. The van der Waals surface area contributed by atoms with E-state index in [4.69, 9.17) is 36.3 Å². The molecule has 2 aromatic rings. The summed E-state index contributed by atoms with van der Waals surface area (Å²) in [4.78, 5) is 97.3. The van der Waals surface area contributed by atoms with Crippen molar-refractivity contribution in [3.05, 3.63) is 102 Å². The fourth-order valence-electron chi connectivity index (χ4n) is 9.52. The van der Waals surface area contributed by atoms with Gasteiger partial charge < -0.3 is 40.2 Å². The number of nitrogens with two attached hydrogens (primary N) is 1. The number of cyclic esters (lactones) is 2. The number of ether oxygens (including phenoxy) is 4. The van der Waals surface area contributed by atoms with E-state index < -0.39 is 54.0 Å². The average Bonchev–Trinajstić information content (AvgIpc) is 2.41. The molecule has 2 fully saturated rings. The van der Waals surface area contributed by atoms with Crippen LogP contribution in [0.4, 0.5) is 0 Å². The van der Waals surface area contributed by atoms with E-state index in [1.807, 2.05) is 31.7 Å². The fourth-order valence-corrected chi connectivity index (χ4v) is 12.5. The van der Waals surface area contributed by atoms with E-state index in [0.717, 1.165) is 62.2 Å². The SMILES string of the molecule is C=CC(C)C(=O)[C@H](CCCCN)NNC(=O)CCCSSC(C)(C)CCC(=O)N1CCN(Cc2ccc([C@H]3O[C@@H]3[C@@H](C)[C@@H]3C/C=C/C(=O)N[C@H](Cc4ccc(OC)c(Cl)c4)C(=O)NC[C@@H](C)C(=O)O[C@@H](CC(C)C)C(=O)O3)cc2)CC1.C=CCC. The Kier molecular flexibility index (Phi) is 31.9. The van der Waals surface area contributed by atoms with Gasteiger partial charge in [0.15, 0.2) is 11.9 Å². The number of benzene rings is 2. The Bertz CT molecular complexity index is 2530. The van der Waals surface area contributed by atoms with Crippen molar-refractivity contribution in [2.45, 2.75) is 174 Å². The van der Waals surface area contributed by atoms with Gasteiger partial charge in [-0.3, -0.25) is 39.1 Å². The van der Waals surface area contributed by atoms with Crippen LogP contribution in [0.3, 0.4) is 0 Å². The standard InChI is InChI=1S/C60H88ClN7O11S2.C4H8/c1-10-39(4)54(72)46(15-11-12-27-62)65-66-52(70)18-14-32-80-81-60(7,8)26-25-53(71)68-30-28-67(29-31-68)37-42-19-22-44(23-20-42)56-55(79-56)41(6)48-16-13-17-51(69)64-47(35-43-21-24-49(76-9)45(61)34-43)57(73)63-36-40(5)58(74)78-50(33-38(2)3)59(75)77-48;1-3-4-2/h10,13,17,19-24,34,38-41,46-48,50,55-56,65H,1,11-12,14-16,18,25-33,35-37,62H2,2-9H3,(H,63,73)(H,64,69)(H,66,70);3H,1,4H2,2H3/b17-13+;/t39?,40-,41+,46+,47-,48+,50+,55-,56-;/m1./s1. The second-order valence-corrected chi connectivity index (χ2v) is 26.8. The molecule has 472 valence electrons. The summed E-state index contributed by atoms with van der Waals surface area (Å²) in [6.45, 7) is 26.8. The number of rotatable bonds is 29. The molecule has 9 atom stereocenters. The second-order valence-electron chi connectivity index (χ2n) is 23.2. The van der Waals surface area contributed by atoms with Crippen LogP contribution in [0, 0.1) is 23.7 Å². The van der Waals surface area contributed by atoms with Crippen molar-refractivity contribution >= 4 is 74.5 Å². The van der Waals surface area contributed by atoms with E-state index >= 15 is 0 Å². The molecule has 2 aromatic carbocycles. The summed E-state index contributed by atoms with van der Waals surface area (Å²) < 4.78 is 23.4. The molecule has 0 aliphatic carbocycles. The first-order chi connectivity index (χ1) is 40.5. The van der Waals surface area contributed by atoms with Gasteiger partial charge in [-0.2, -0.15) is 0 Å². The summed E-state index contributed by atoms with van der Waals surface area (Å²) in [6, 6.07) is 11.9. The number of amides is 4. The predicted octanol–water partition coefficient (Wildman–Crippen LogP) is 9.19. The van der Waals surface area contributed by atoms with Crippen molar-refractivity contribution in [3.63, 3.8) is 0 Å². The van der Waals surface area contributed by atoms with Gasteiger partial charge in [0.1, 0.15) is 24.0 Å². The Morgan fingerprint density at radius 2 is 1.65 bits per heavy atom. The third-order valence-electron chi connectivity index (χ3n) is 15.1. The van der Waals surface area contributed by atoms with Gasteiger partial charge in [-0.25, -0.2) is 10.2 Å². The minimum atomic E-state index is -1.18. The number of carbonyl (C=O) groups is 7. The molecule has 3 heterocycles. The maximum absolute atomic E-state index is 13.9. The molecule has 3 aliphatic heterocycles. The zero-order chi connectivity index (χ0) is 62.6. The van der Waals surface area contributed by atoms with Gasteiger partial charge in [0.2, 0.25) is 23.6 Å². The monoisotopic (exact) mass is 1240 g/mol. The topological polar surface area (TPSA) is 240 Å². The van der Waals surface area contributed by atoms with Crippen molar-refractivity contribution in [2.75, 3.05) is 52.1 Å². The number of allylic oxidation sites excluding steroid dienone is 2. The van der Waals surface area contributed by atoms with Crippen molar-refractivity contribution in [3.8, 4) is 5.75 Å². The molecule has 5 rings (SSSR count). The lowest BCUT2D eigenvalue weighted by Crippen LogP contribution is -2.49. The third kappa shape index (κ3) is 25.6. The zero-order valence-corrected chi connectivity index (χ0v) is 54.0. The lowest BCUT2D eigenvalue weighted by atomic mass is 9.93. The van der Waals surface area contributed by atoms with Crippen molar-refractivity contribution in [1.82, 2.24) is 31.3 Å². The molecule has 6 N–H and O–H groups in total. The van der Waals surface area contributed by atoms with Crippen LogP contribution in [0.1, 0.15) is 142 Å².